The topological polar surface area (TPSA) is 65.0 Å². The van der Waals surface area contributed by atoms with Crippen molar-refractivity contribution in [2.24, 2.45) is 0 Å². The first-order chi connectivity index (χ1) is 7.33. The number of hydrogen-bond donors (Lipinski definition) is 1. The van der Waals surface area contributed by atoms with Crippen LogP contribution in [-0.2, 0) is 19.0 Å². The lowest BCUT2D eigenvalue weighted by Crippen LogP contribution is -2.06. The van der Waals surface area contributed by atoms with Gasteiger partial charge in [-0.05, 0) is 6.42 Å². The Morgan fingerprint density at radius 1 is 1.07 bits per heavy atom. The molecule has 0 heterocycles. The van der Waals surface area contributed by atoms with Crippen LogP contribution < -0.4 is 0 Å². The molecule has 0 radical (unpaired) electrons. The van der Waals surface area contributed by atoms with Gasteiger partial charge >= 0.3 is 0 Å². The summed E-state index contributed by atoms with van der Waals surface area (Å²) in [6.45, 7) is 2.74. The molecule has 5 heteroatoms. The Labute approximate surface area is 91.3 Å². The number of aldehydes is 1. The minimum Gasteiger partial charge on any atom is -0.396 e. The zero-order chi connectivity index (χ0) is 11.8. The summed E-state index contributed by atoms with van der Waals surface area (Å²) in [5.41, 5.74) is 0. The van der Waals surface area contributed by atoms with Gasteiger partial charge in [-0.1, -0.05) is 0 Å². The summed E-state index contributed by atoms with van der Waals surface area (Å²) in [5, 5.41) is 8.04. The first-order valence-corrected chi connectivity index (χ1v) is 4.93. The lowest BCUT2D eigenvalue weighted by molar-refractivity contribution is -0.108. The standard InChI is InChI=1S/C6H14O3.C4H8O2/c1-7-3-5-9-6-4-8-2;5-3-1-2-4-6/h3-6H2,1-2H3;3,6H,1-2,4H2. The predicted molar refractivity (Wildman–Crippen MR) is 57.0 cm³/mol. The van der Waals surface area contributed by atoms with E-state index < -0.39 is 0 Å². The van der Waals surface area contributed by atoms with Crippen molar-refractivity contribution in [1.29, 1.82) is 0 Å². The van der Waals surface area contributed by atoms with E-state index in [-0.39, 0.29) is 6.61 Å². The van der Waals surface area contributed by atoms with Gasteiger partial charge in [-0.2, -0.15) is 0 Å². The minimum atomic E-state index is 0.124. The lowest BCUT2D eigenvalue weighted by Gasteiger charge is -2.00. The molecule has 0 rings (SSSR count). The largest absolute Gasteiger partial charge is 0.396 e. The van der Waals surface area contributed by atoms with E-state index in [1.807, 2.05) is 0 Å². The van der Waals surface area contributed by atoms with Crippen LogP contribution in [0.3, 0.4) is 0 Å². The van der Waals surface area contributed by atoms with Gasteiger partial charge in [0.1, 0.15) is 6.29 Å². The molecule has 0 atom stereocenters. The molecule has 0 aromatic heterocycles. The maximum atomic E-state index is 9.45. The zero-order valence-corrected chi connectivity index (χ0v) is 9.61. The molecule has 0 unspecified atom stereocenters. The van der Waals surface area contributed by atoms with E-state index in [2.05, 4.69) is 0 Å². The van der Waals surface area contributed by atoms with Gasteiger partial charge in [-0.15, -0.1) is 0 Å². The Morgan fingerprint density at radius 3 is 1.87 bits per heavy atom. The fourth-order valence-corrected chi connectivity index (χ4v) is 0.561. The van der Waals surface area contributed by atoms with Gasteiger partial charge in [0.2, 0.25) is 0 Å². The molecule has 0 aromatic carbocycles. The van der Waals surface area contributed by atoms with Gasteiger partial charge in [0.05, 0.1) is 26.4 Å². The molecule has 0 bridgehead atoms. The number of aliphatic hydroxyl groups is 1. The highest BCUT2D eigenvalue weighted by Gasteiger charge is 1.84. The number of carbonyl (C=O) groups is 1. The van der Waals surface area contributed by atoms with Crippen LogP contribution in [0.5, 0.6) is 0 Å². The van der Waals surface area contributed by atoms with Gasteiger partial charge in [0.15, 0.2) is 0 Å². The van der Waals surface area contributed by atoms with Crippen LogP contribution in [-0.4, -0.2) is 58.6 Å². The fraction of sp³-hybridized carbons (Fsp3) is 0.900. The van der Waals surface area contributed by atoms with Crippen molar-refractivity contribution in [3.8, 4) is 0 Å². The molecular formula is C10H22O5. The summed E-state index contributed by atoms with van der Waals surface area (Å²) in [7, 11) is 3.30. The highest BCUT2D eigenvalue weighted by molar-refractivity contribution is 5.48. The summed E-state index contributed by atoms with van der Waals surface area (Å²) < 4.78 is 14.6. The SMILES string of the molecule is COCCOCCOC.O=CCCCO. The van der Waals surface area contributed by atoms with Crippen LogP contribution in [0.2, 0.25) is 0 Å². The maximum absolute atomic E-state index is 9.45. The van der Waals surface area contributed by atoms with Crippen molar-refractivity contribution in [3.05, 3.63) is 0 Å². The van der Waals surface area contributed by atoms with Crippen LogP contribution in [0.25, 0.3) is 0 Å². The average Bonchev–Trinajstić information content (AvgIpc) is 2.27. The second kappa shape index (κ2) is 19.1. The van der Waals surface area contributed by atoms with Crippen molar-refractivity contribution >= 4 is 6.29 Å². The van der Waals surface area contributed by atoms with Crippen LogP contribution in [0.1, 0.15) is 12.8 Å². The lowest BCUT2D eigenvalue weighted by atomic mass is 10.4. The van der Waals surface area contributed by atoms with E-state index in [9.17, 15) is 4.79 Å². The molecule has 0 amide bonds. The highest BCUT2D eigenvalue weighted by Crippen LogP contribution is 1.77. The Hall–Kier alpha value is -0.490. The Kier molecular flexibility index (Phi) is 21.6. The molecule has 1 N–H and O–H groups in total. The summed E-state index contributed by atoms with van der Waals surface area (Å²) in [5.74, 6) is 0. The van der Waals surface area contributed by atoms with Crippen LogP contribution in [0, 0.1) is 0 Å². The molecule has 0 aliphatic carbocycles. The number of ether oxygens (including phenoxy) is 3. The number of aliphatic hydroxyl groups excluding tert-OH is 1. The van der Waals surface area contributed by atoms with Gasteiger partial charge < -0.3 is 24.1 Å². The van der Waals surface area contributed by atoms with Gasteiger partial charge in [-0.25, -0.2) is 0 Å². The van der Waals surface area contributed by atoms with Crippen molar-refractivity contribution in [3.63, 3.8) is 0 Å². The first-order valence-electron chi connectivity index (χ1n) is 4.93. The van der Waals surface area contributed by atoms with Crippen molar-refractivity contribution in [2.45, 2.75) is 12.8 Å². The molecule has 0 spiro atoms. The molecule has 0 aliphatic heterocycles. The number of carbonyl (C=O) groups excluding carboxylic acids is 1. The molecule has 0 aromatic rings. The maximum Gasteiger partial charge on any atom is 0.120 e. The van der Waals surface area contributed by atoms with Crippen LogP contribution in [0.4, 0.5) is 0 Å². The van der Waals surface area contributed by atoms with Crippen molar-refractivity contribution in [2.75, 3.05) is 47.3 Å². The number of unbranched alkanes of at least 4 members (excludes halogenated alkanes) is 1. The summed E-state index contributed by atoms with van der Waals surface area (Å²) in [6.07, 6.45) is 1.89. The van der Waals surface area contributed by atoms with Crippen molar-refractivity contribution in [1.82, 2.24) is 0 Å². The van der Waals surface area contributed by atoms with Crippen LogP contribution >= 0.6 is 0 Å². The Balaban J connectivity index is 0. The third kappa shape index (κ3) is 24.7. The smallest absolute Gasteiger partial charge is 0.120 e. The number of methoxy groups -OCH3 is 2. The molecule has 0 aliphatic rings. The molecule has 0 saturated heterocycles. The molecule has 0 saturated carbocycles. The van der Waals surface area contributed by atoms with E-state index in [1.165, 1.54) is 0 Å². The van der Waals surface area contributed by atoms with E-state index in [0.29, 0.717) is 39.3 Å². The first kappa shape index (κ1) is 16.9. The predicted octanol–water partition coefficient (Wildman–Crippen LogP) is 0.254. The summed E-state index contributed by atoms with van der Waals surface area (Å²) >= 11 is 0. The normalized spacial score (nSPS) is 9.27. The number of rotatable bonds is 9. The van der Waals surface area contributed by atoms with Crippen molar-refractivity contribution < 1.29 is 24.1 Å². The molecule has 15 heavy (non-hydrogen) atoms. The second-order valence-corrected chi connectivity index (χ2v) is 2.63. The van der Waals surface area contributed by atoms with E-state index in [4.69, 9.17) is 19.3 Å². The summed E-state index contributed by atoms with van der Waals surface area (Å²) in [6, 6.07) is 0. The molecule has 0 fully saturated rings. The van der Waals surface area contributed by atoms with Crippen LogP contribution in [0.15, 0.2) is 0 Å². The quantitative estimate of drug-likeness (QED) is 0.447. The van der Waals surface area contributed by atoms with Gasteiger partial charge in [0.25, 0.3) is 0 Å². The summed E-state index contributed by atoms with van der Waals surface area (Å²) in [4.78, 5) is 9.45. The highest BCUT2D eigenvalue weighted by atomic mass is 16.5. The fourth-order valence-electron chi connectivity index (χ4n) is 0.561. The van der Waals surface area contributed by atoms with E-state index in [1.54, 1.807) is 14.2 Å². The Bertz CT molecular complexity index is 102. The Morgan fingerprint density at radius 2 is 1.60 bits per heavy atom. The second-order valence-electron chi connectivity index (χ2n) is 2.63. The molecule has 5 nitrogen and oxygen atoms in total. The average molecular weight is 222 g/mol. The minimum absolute atomic E-state index is 0.124. The molecular weight excluding hydrogens is 200 g/mol. The monoisotopic (exact) mass is 222 g/mol. The van der Waals surface area contributed by atoms with Gasteiger partial charge in [0, 0.05) is 27.2 Å². The third-order valence-corrected chi connectivity index (χ3v) is 1.34. The van der Waals surface area contributed by atoms with E-state index >= 15 is 0 Å². The zero-order valence-electron chi connectivity index (χ0n) is 9.61. The number of hydrogen-bond acceptors (Lipinski definition) is 5. The van der Waals surface area contributed by atoms with E-state index in [0.717, 1.165) is 6.29 Å². The van der Waals surface area contributed by atoms with Gasteiger partial charge in [-0.3, -0.25) is 0 Å². The third-order valence-electron chi connectivity index (χ3n) is 1.34. The molecule has 92 valence electrons.